The number of hydrogen-bond donors (Lipinski definition) is 0. The molecular weight excluding hydrogens is 529 g/mol. The lowest BCUT2D eigenvalue weighted by molar-refractivity contribution is -0.138. The summed E-state index contributed by atoms with van der Waals surface area (Å²) in [5.74, 6) is 0.301. The third-order valence-corrected chi connectivity index (χ3v) is 10.2. The van der Waals surface area contributed by atoms with Crippen LogP contribution in [-0.4, -0.2) is 75.8 Å². The van der Waals surface area contributed by atoms with E-state index >= 15 is 0 Å². The first-order valence-electron chi connectivity index (χ1n) is 13.7. The van der Waals surface area contributed by atoms with Crippen molar-refractivity contribution < 1.29 is 22.7 Å². The number of ether oxygens (including phenoxy) is 1. The van der Waals surface area contributed by atoms with Gasteiger partial charge in [-0.25, -0.2) is 0 Å². The Labute approximate surface area is 229 Å². The van der Waals surface area contributed by atoms with Crippen molar-refractivity contribution in [3.8, 4) is 0 Å². The highest BCUT2D eigenvalue weighted by Crippen LogP contribution is 2.46. The lowest BCUT2D eigenvalue weighted by atomic mass is 10.0. The summed E-state index contributed by atoms with van der Waals surface area (Å²) in [6.45, 7) is 4.37. The number of fused-ring (bicyclic) bond motifs is 2. The second-order valence-corrected chi connectivity index (χ2v) is 12.6. The number of ketones is 1. The molecule has 7 nitrogen and oxygen atoms in total. The van der Waals surface area contributed by atoms with Crippen LogP contribution in [0.5, 0.6) is 0 Å². The van der Waals surface area contributed by atoms with E-state index in [2.05, 4.69) is 16.0 Å². The van der Waals surface area contributed by atoms with Crippen molar-refractivity contribution in [1.29, 1.82) is 0 Å². The molecule has 39 heavy (non-hydrogen) atoms. The average Bonchev–Trinajstić information content (AvgIpc) is 3.65. The number of aryl methyl sites for hydroxylation is 1. The Bertz CT molecular complexity index is 1280. The van der Waals surface area contributed by atoms with Crippen molar-refractivity contribution in [2.24, 2.45) is 5.92 Å². The number of halogens is 3. The first kappa shape index (κ1) is 27.0. The number of aromatic nitrogens is 2. The summed E-state index contributed by atoms with van der Waals surface area (Å²) in [6, 6.07) is 6.23. The maximum Gasteiger partial charge on any atom is 0.416 e. The minimum Gasteiger partial charge on any atom is -0.380 e. The van der Waals surface area contributed by atoms with Crippen molar-refractivity contribution >= 4 is 17.5 Å². The quantitative estimate of drug-likeness (QED) is 0.512. The highest BCUT2D eigenvalue weighted by Gasteiger charge is 2.41. The third-order valence-electron chi connectivity index (χ3n) is 8.53. The monoisotopic (exact) mass is 562 g/mol. The van der Waals surface area contributed by atoms with Gasteiger partial charge < -0.3 is 9.30 Å². The second kappa shape index (κ2) is 11.0. The van der Waals surface area contributed by atoms with Gasteiger partial charge in [0.05, 0.1) is 24.4 Å². The van der Waals surface area contributed by atoms with Gasteiger partial charge >= 0.3 is 6.18 Å². The fraction of sp³-hybridized carbons (Fsp3) is 0.607. The van der Waals surface area contributed by atoms with Crippen LogP contribution in [0, 0.1) is 5.92 Å². The van der Waals surface area contributed by atoms with Gasteiger partial charge in [-0.1, -0.05) is 6.07 Å². The molecule has 6 rings (SSSR count). The van der Waals surface area contributed by atoms with E-state index in [9.17, 15) is 22.8 Å². The van der Waals surface area contributed by atoms with Gasteiger partial charge in [0.25, 0.3) is 5.56 Å². The average molecular weight is 563 g/mol. The molecule has 5 heterocycles. The molecule has 4 aliphatic rings. The number of alkyl halides is 3. The Hall–Kier alpha value is -2.21. The maximum absolute atomic E-state index is 13.3. The Kier molecular flexibility index (Phi) is 7.60. The van der Waals surface area contributed by atoms with Gasteiger partial charge in [0.1, 0.15) is 5.78 Å². The highest BCUT2D eigenvalue weighted by molar-refractivity contribution is 8.00. The predicted octanol–water partition coefficient (Wildman–Crippen LogP) is 3.55. The summed E-state index contributed by atoms with van der Waals surface area (Å²) >= 11 is 1.96. The molecule has 4 atom stereocenters. The standard InChI is InChI=1S/C28H33F3N4O3S/c29-28(30,31)20-11-22-14-33(7-8-35(22)26(37)12-20)15-23(36)10-19-13-34(21-5-9-38-17-21)16-25(19)39-24-4-3-18-2-1-6-32-27(18)24/h1-2,6,11-12,19,21,24-25H,3-5,7-10,13-17H2/t19?,21?,24?,25-/m0/s1. The van der Waals surface area contributed by atoms with Crippen LogP contribution in [0.3, 0.4) is 0 Å². The van der Waals surface area contributed by atoms with Crippen molar-refractivity contribution in [3.05, 3.63) is 63.3 Å². The van der Waals surface area contributed by atoms with Gasteiger partial charge in [0.2, 0.25) is 0 Å². The molecule has 0 spiro atoms. The van der Waals surface area contributed by atoms with Gasteiger partial charge in [-0.3, -0.25) is 24.4 Å². The number of pyridine rings is 2. The lowest BCUT2D eigenvalue weighted by Gasteiger charge is -2.30. The molecule has 11 heteroatoms. The van der Waals surface area contributed by atoms with E-state index in [0.29, 0.717) is 41.3 Å². The Morgan fingerprint density at radius 2 is 2.05 bits per heavy atom. The van der Waals surface area contributed by atoms with Crippen LogP contribution < -0.4 is 5.56 Å². The maximum atomic E-state index is 13.3. The zero-order valence-electron chi connectivity index (χ0n) is 21.7. The smallest absolute Gasteiger partial charge is 0.380 e. The number of Topliss-reactive ketones (excluding diaryl/α,β-unsaturated/α-hetero) is 1. The number of nitrogens with zero attached hydrogens (tertiary/aromatic N) is 4. The first-order valence-corrected chi connectivity index (χ1v) is 14.6. The first-order chi connectivity index (χ1) is 18.7. The van der Waals surface area contributed by atoms with Crippen LogP contribution >= 0.6 is 11.8 Å². The van der Waals surface area contributed by atoms with Gasteiger partial charge in [0.15, 0.2) is 0 Å². The molecule has 0 amide bonds. The van der Waals surface area contributed by atoms with Crippen LogP contribution in [-0.2, 0) is 35.2 Å². The zero-order chi connectivity index (χ0) is 27.1. The largest absolute Gasteiger partial charge is 0.416 e. The number of rotatable bonds is 7. The van der Waals surface area contributed by atoms with Crippen molar-refractivity contribution in [2.75, 3.05) is 39.4 Å². The molecule has 2 aromatic rings. The summed E-state index contributed by atoms with van der Waals surface area (Å²) in [6.07, 6.45) is 0.833. The Morgan fingerprint density at radius 3 is 2.85 bits per heavy atom. The molecular formula is C28H33F3N4O3S. The number of carbonyl (C=O) groups excluding carboxylic acids is 1. The van der Waals surface area contributed by atoms with Gasteiger partial charge in [-0.2, -0.15) is 13.2 Å². The van der Waals surface area contributed by atoms with Crippen molar-refractivity contribution in [2.45, 2.75) is 61.5 Å². The number of likely N-dealkylation sites (tertiary alicyclic amines) is 1. The lowest BCUT2D eigenvalue weighted by Crippen LogP contribution is -2.42. The van der Waals surface area contributed by atoms with Crippen LogP contribution in [0.15, 0.2) is 35.3 Å². The predicted molar refractivity (Wildman–Crippen MR) is 142 cm³/mol. The van der Waals surface area contributed by atoms with Crippen molar-refractivity contribution in [3.63, 3.8) is 0 Å². The topological polar surface area (TPSA) is 67.7 Å². The molecule has 0 radical (unpaired) electrons. The summed E-state index contributed by atoms with van der Waals surface area (Å²) in [4.78, 5) is 34.6. The van der Waals surface area contributed by atoms with Crippen LogP contribution in [0.1, 0.15) is 47.0 Å². The minimum atomic E-state index is -4.58. The third kappa shape index (κ3) is 5.82. The molecule has 3 unspecified atom stereocenters. The van der Waals surface area contributed by atoms with Gasteiger partial charge in [-0.15, -0.1) is 11.8 Å². The summed E-state index contributed by atoms with van der Waals surface area (Å²) in [5.41, 5.74) is 1.23. The van der Waals surface area contributed by atoms with Gasteiger partial charge in [-0.05, 0) is 42.9 Å². The molecule has 0 N–H and O–H groups in total. The van der Waals surface area contributed by atoms with E-state index < -0.39 is 17.3 Å². The zero-order valence-corrected chi connectivity index (χ0v) is 22.6. The molecule has 3 aliphatic heterocycles. The van der Waals surface area contributed by atoms with E-state index in [1.54, 1.807) is 0 Å². The van der Waals surface area contributed by atoms with Crippen molar-refractivity contribution in [1.82, 2.24) is 19.4 Å². The highest BCUT2D eigenvalue weighted by atomic mass is 32.2. The van der Waals surface area contributed by atoms with Crippen LogP contribution in [0.2, 0.25) is 0 Å². The fourth-order valence-corrected chi connectivity index (χ4v) is 8.24. The van der Waals surface area contributed by atoms with Gasteiger partial charge in [0, 0.05) is 80.3 Å². The molecule has 0 aromatic carbocycles. The molecule has 210 valence electrons. The van der Waals surface area contributed by atoms with E-state index in [4.69, 9.17) is 4.74 Å². The van der Waals surface area contributed by atoms with Crippen LogP contribution in [0.4, 0.5) is 13.2 Å². The molecule has 0 saturated carbocycles. The number of carbonyl (C=O) groups is 1. The molecule has 0 bridgehead atoms. The van der Waals surface area contributed by atoms with Crippen LogP contribution in [0.25, 0.3) is 0 Å². The van der Waals surface area contributed by atoms with E-state index in [0.717, 1.165) is 51.6 Å². The Morgan fingerprint density at radius 1 is 1.18 bits per heavy atom. The van der Waals surface area contributed by atoms with E-state index in [1.807, 2.05) is 28.9 Å². The molecule has 2 fully saturated rings. The second-order valence-electron chi connectivity index (χ2n) is 11.2. The molecule has 2 aromatic heterocycles. The SMILES string of the molecule is O=C(CC1CN(C2CCOC2)C[C@@H]1SC1CCc2cccnc21)CN1CCn2c(cc(C(F)(F)F)cc2=O)C1. The summed E-state index contributed by atoms with van der Waals surface area (Å²) in [5, 5.41) is 0.644. The molecule has 2 saturated heterocycles. The van der Waals surface area contributed by atoms with E-state index in [1.165, 1.54) is 15.8 Å². The number of thioether (sulfide) groups is 1. The number of hydrogen-bond acceptors (Lipinski definition) is 7. The molecule has 1 aliphatic carbocycles. The normalized spacial score (nSPS) is 27.6. The summed E-state index contributed by atoms with van der Waals surface area (Å²) in [7, 11) is 0. The fourth-order valence-electron chi connectivity index (χ4n) is 6.54. The summed E-state index contributed by atoms with van der Waals surface area (Å²) < 4.78 is 46.8. The van der Waals surface area contributed by atoms with E-state index in [-0.39, 0.29) is 31.3 Å². The Balaban J connectivity index is 1.12. The minimum absolute atomic E-state index is 0.0999.